The third-order valence-electron chi connectivity index (χ3n) is 2.42. The van der Waals surface area contributed by atoms with E-state index >= 15 is 0 Å². The van der Waals surface area contributed by atoms with Crippen molar-refractivity contribution in [3.05, 3.63) is 52.8 Å². The van der Waals surface area contributed by atoms with Gasteiger partial charge in [0.15, 0.2) is 0 Å². The van der Waals surface area contributed by atoms with Gasteiger partial charge in [0.2, 0.25) is 5.95 Å². The van der Waals surface area contributed by atoms with E-state index in [4.69, 9.17) is 11.6 Å². The van der Waals surface area contributed by atoms with Crippen molar-refractivity contribution in [3.63, 3.8) is 0 Å². The highest BCUT2D eigenvalue weighted by atomic mass is 35.5. The topological polar surface area (TPSA) is 64.1 Å². The summed E-state index contributed by atoms with van der Waals surface area (Å²) < 4.78 is 4.67. The molecule has 5 nitrogen and oxygen atoms in total. The molecule has 0 spiro atoms. The summed E-state index contributed by atoms with van der Waals surface area (Å²) in [6.45, 7) is 0.506. The highest BCUT2D eigenvalue weighted by Gasteiger charge is 2.05. The molecule has 98 valence electrons. The zero-order valence-corrected chi connectivity index (χ0v) is 11.0. The number of nitrogens with one attached hydrogen (secondary N) is 1. The van der Waals surface area contributed by atoms with Crippen molar-refractivity contribution in [2.24, 2.45) is 0 Å². The number of ether oxygens (including phenoxy) is 1. The SMILES string of the molecule is COC(=O)c1cccc(CNc2ncc(Cl)cn2)c1. The van der Waals surface area contributed by atoms with E-state index in [-0.39, 0.29) is 5.97 Å². The number of esters is 1. The molecule has 0 radical (unpaired) electrons. The molecule has 6 heteroatoms. The Bertz CT molecular complexity index is 572. The van der Waals surface area contributed by atoms with Crippen LogP contribution in [-0.2, 0) is 11.3 Å². The summed E-state index contributed by atoms with van der Waals surface area (Å²) in [7, 11) is 1.36. The van der Waals surface area contributed by atoms with Crippen molar-refractivity contribution in [1.29, 1.82) is 0 Å². The summed E-state index contributed by atoms with van der Waals surface area (Å²) in [5.41, 5.74) is 1.44. The minimum absolute atomic E-state index is 0.357. The van der Waals surface area contributed by atoms with Gasteiger partial charge >= 0.3 is 5.97 Å². The Morgan fingerprint density at radius 1 is 1.37 bits per heavy atom. The summed E-state index contributed by atoms with van der Waals surface area (Å²) in [4.78, 5) is 19.4. The Balaban J connectivity index is 2.03. The molecule has 1 aromatic carbocycles. The molecule has 0 aliphatic rings. The fraction of sp³-hybridized carbons (Fsp3) is 0.154. The number of anilines is 1. The van der Waals surface area contributed by atoms with E-state index in [0.717, 1.165) is 5.56 Å². The van der Waals surface area contributed by atoms with Gasteiger partial charge in [-0.2, -0.15) is 0 Å². The van der Waals surface area contributed by atoms with Gasteiger partial charge in [0.25, 0.3) is 0 Å². The van der Waals surface area contributed by atoms with Crippen molar-refractivity contribution in [2.45, 2.75) is 6.54 Å². The fourth-order valence-electron chi connectivity index (χ4n) is 1.51. The average Bonchev–Trinajstić information content (AvgIpc) is 2.46. The number of carbonyl (C=O) groups is 1. The lowest BCUT2D eigenvalue weighted by Gasteiger charge is -2.06. The van der Waals surface area contributed by atoms with E-state index < -0.39 is 0 Å². The number of carbonyl (C=O) groups excluding carboxylic acids is 1. The van der Waals surface area contributed by atoms with E-state index in [0.29, 0.717) is 23.1 Å². The van der Waals surface area contributed by atoms with Crippen LogP contribution in [0.2, 0.25) is 5.02 Å². The Morgan fingerprint density at radius 3 is 2.79 bits per heavy atom. The van der Waals surface area contributed by atoms with Crippen LogP contribution in [0.25, 0.3) is 0 Å². The molecule has 0 amide bonds. The molecule has 0 saturated carbocycles. The van der Waals surface area contributed by atoms with Crippen molar-refractivity contribution >= 4 is 23.5 Å². The Labute approximate surface area is 115 Å². The number of aromatic nitrogens is 2. The second-order valence-electron chi connectivity index (χ2n) is 3.77. The highest BCUT2D eigenvalue weighted by Crippen LogP contribution is 2.10. The van der Waals surface area contributed by atoms with Crippen LogP contribution < -0.4 is 5.32 Å². The Morgan fingerprint density at radius 2 is 2.11 bits per heavy atom. The van der Waals surface area contributed by atoms with Crippen LogP contribution in [0.5, 0.6) is 0 Å². The fourth-order valence-corrected chi connectivity index (χ4v) is 1.61. The number of hydrogen-bond donors (Lipinski definition) is 1. The quantitative estimate of drug-likeness (QED) is 0.870. The van der Waals surface area contributed by atoms with Gasteiger partial charge in [0.1, 0.15) is 0 Å². The Hall–Kier alpha value is -2.14. The normalized spacial score (nSPS) is 10.0. The Kier molecular flexibility index (Phi) is 4.30. The molecule has 1 N–H and O–H groups in total. The number of rotatable bonds is 4. The standard InChI is InChI=1S/C13H12ClN3O2/c1-19-12(18)10-4-2-3-9(5-10)6-15-13-16-7-11(14)8-17-13/h2-5,7-8H,6H2,1H3,(H,15,16,17). The summed E-state index contributed by atoms with van der Waals surface area (Å²) in [5, 5.41) is 3.52. The molecule has 0 unspecified atom stereocenters. The third kappa shape index (κ3) is 3.66. The maximum atomic E-state index is 11.4. The van der Waals surface area contributed by atoms with E-state index in [1.807, 2.05) is 6.07 Å². The summed E-state index contributed by atoms with van der Waals surface area (Å²) in [6, 6.07) is 7.16. The molecule has 0 saturated heterocycles. The minimum atomic E-state index is -0.357. The van der Waals surface area contributed by atoms with E-state index in [2.05, 4.69) is 20.0 Å². The molecule has 0 aliphatic carbocycles. The molecule has 1 aromatic heterocycles. The first-order chi connectivity index (χ1) is 9.19. The van der Waals surface area contributed by atoms with Gasteiger partial charge in [-0.25, -0.2) is 14.8 Å². The zero-order chi connectivity index (χ0) is 13.7. The van der Waals surface area contributed by atoms with Crippen LogP contribution >= 0.6 is 11.6 Å². The largest absolute Gasteiger partial charge is 0.465 e. The van der Waals surface area contributed by atoms with E-state index in [1.54, 1.807) is 18.2 Å². The van der Waals surface area contributed by atoms with Crippen LogP contribution in [-0.4, -0.2) is 23.0 Å². The van der Waals surface area contributed by atoms with E-state index in [9.17, 15) is 4.79 Å². The second-order valence-corrected chi connectivity index (χ2v) is 4.21. The first-order valence-corrected chi connectivity index (χ1v) is 5.95. The maximum Gasteiger partial charge on any atom is 0.337 e. The molecular weight excluding hydrogens is 266 g/mol. The van der Waals surface area contributed by atoms with Crippen molar-refractivity contribution in [2.75, 3.05) is 12.4 Å². The molecule has 1 heterocycles. The number of hydrogen-bond acceptors (Lipinski definition) is 5. The number of methoxy groups -OCH3 is 1. The lowest BCUT2D eigenvalue weighted by Crippen LogP contribution is -2.05. The number of benzene rings is 1. The maximum absolute atomic E-state index is 11.4. The van der Waals surface area contributed by atoms with Gasteiger partial charge < -0.3 is 10.1 Å². The smallest absolute Gasteiger partial charge is 0.337 e. The van der Waals surface area contributed by atoms with Crippen molar-refractivity contribution < 1.29 is 9.53 Å². The molecule has 0 atom stereocenters. The minimum Gasteiger partial charge on any atom is -0.465 e. The first-order valence-electron chi connectivity index (χ1n) is 5.57. The summed E-state index contributed by atoms with van der Waals surface area (Å²) >= 11 is 5.70. The molecule has 19 heavy (non-hydrogen) atoms. The lowest BCUT2D eigenvalue weighted by atomic mass is 10.1. The lowest BCUT2D eigenvalue weighted by molar-refractivity contribution is 0.0600. The zero-order valence-electron chi connectivity index (χ0n) is 10.3. The average molecular weight is 278 g/mol. The second kappa shape index (κ2) is 6.15. The van der Waals surface area contributed by atoms with Gasteiger partial charge in [0.05, 0.1) is 30.1 Å². The monoisotopic (exact) mass is 277 g/mol. The molecule has 0 aliphatic heterocycles. The molecule has 2 rings (SSSR count). The van der Waals surface area contributed by atoms with Gasteiger partial charge in [-0.05, 0) is 17.7 Å². The van der Waals surface area contributed by atoms with Gasteiger partial charge in [-0.1, -0.05) is 23.7 Å². The van der Waals surface area contributed by atoms with Crippen LogP contribution in [0, 0.1) is 0 Å². The number of halogens is 1. The summed E-state index contributed by atoms with van der Waals surface area (Å²) in [5.74, 6) is 0.123. The van der Waals surface area contributed by atoms with E-state index in [1.165, 1.54) is 19.5 Å². The predicted molar refractivity (Wildman–Crippen MR) is 72.2 cm³/mol. The molecular formula is C13H12ClN3O2. The molecule has 0 fully saturated rings. The van der Waals surface area contributed by atoms with Gasteiger partial charge in [0, 0.05) is 6.54 Å². The van der Waals surface area contributed by atoms with Gasteiger partial charge in [-0.15, -0.1) is 0 Å². The van der Waals surface area contributed by atoms with Crippen LogP contribution in [0.1, 0.15) is 15.9 Å². The first kappa shape index (κ1) is 13.3. The van der Waals surface area contributed by atoms with Gasteiger partial charge in [-0.3, -0.25) is 0 Å². The van der Waals surface area contributed by atoms with Crippen LogP contribution in [0.4, 0.5) is 5.95 Å². The predicted octanol–water partition coefficient (Wildman–Crippen LogP) is 2.53. The molecule has 0 bridgehead atoms. The third-order valence-corrected chi connectivity index (χ3v) is 2.61. The number of nitrogens with zero attached hydrogens (tertiary/aromatic N) is 2. The van der Waals surface area contributed by atoms with Crippen LogP contribution in [0.15, 0.2) is 36.7 Å². The summed E-state index contributed by atoms with van der Waals surface area (Å²) in [6.07, 6.45) is 3.03. The molecule has 2 aromatic rings. The van der Waals surface area contributed by atoms with Crippen molar-refractivity contribution in [1.82, 2.24) is 9.97 Å². The van der Waals surface area contributed by atoms with Crippen LogP contribution in [0.3, 0.4) is 0 Å². The highest BCUT2D eigenvalue weighted by molar-refractivity contribution is 6.30. The van der Waals surface area contributed by atoms with Crippen molar-refractivity contribution in [3.8, 4) is 0 Å².